The molecule has 1 saturated heterocycles. The molecule has 1 aromatic heterocycles. The summed E-state index contributed by atoms with van der Waals surface area (Å²) < 4.78 is 5.60. The molecule has 1 aliphatic heterocycles. The molecule has 0 spiro atoms. The first-order valence-corrected chi connectivity index (χ1v) is 10.3. The summed E-state index contributed by atoms with van der Waals surface area (Å²) in [7, 11) is 0. The lowest BCUT2D eigenvalue weighted by molar-refractivity contribution is 0.0932. The fraction of sp³-hybridized carbons (Fsp3) is 0.455. The summed E-state index contributed by atoms with van der Waals surface area (Å²) in [6.07, 6.45) is 6.38. The smallest absolute Gasteiger partial charge is 0.253 e. The zero-order chi connectivity index (χ0) is 19.9. The van der Waals surface area contributed by atoms with Gasteiger partial charge in [-0.1, -0.05) is 17.7 Å². The minimum Gasteiger partial charge on any atom is -0.492 e. The molecule has 6 heteroatoms. The second-order valence-electron chi connectivity index (χ2n) is 7.33. The lowest BCUT2D eigenvalue weighted by Crippen LogP contribution is -2.35. The van der Waals surface area contributed by atoms with Crippen LogP contribution in [0.3, 0.4) is 0 Å². The van der Waals surface area contributed by atoms with E-state index in [1.54, 1.807) is 12.4 Å². The Labute approximate surface area is 172 Å². The highest BCUT2D eigenvalue weighted by atomic mass is 35.5. The predicted molar refractivity (Wildman–Crippen MR) is 112 cm³/mol. The van der Waals surface area contributed by atoms with Crippen LogP contribution in [0.25, 0.3) is 0 Å². The molecule has 5 nitrogen and oxygen atoms in total. The second-order valence-corrected chi connectivity index (χ2v) is 7.73. The van der Waals surface area contributed by atoms with Gasteiger partial charge in [0.25, 0.3) is 5.91 Å². The van der Waals surface area contributed by atoms with Crippen molar-refractivity contribution >= 4 is 17.5 Å². The van der Waals surface area contributed by atoms with E-state index in [9.17, 15) is 4.79 Å². The Balaban J connectivity index is 1.55. The van der Waals surface area contributed by atoms with Crippen LogP contribution in [0.15, 0.2) is 36.7 Å². The number of halogens is 1. The molecule has 2 aromatic rings. The van der Waals surface area contributed by atoms with Gasteiger partial charge in [-0.25, -0.2) is 0 Å². The molecule has 3 rings (SSSR count). The van der Waals surface area contributed by atoms with Gasteiger partial charge in [0.1, 0.15) is 5.75 Å². The van der Waals surface area contributed by atoms with Crippen molar-refractivity contribution in [3.8, 4) is 5.75 Å². The first-order chi connectivity index (χ1) is 13.5. The maximum Gasteiger partial charge on any atom is 0.253 e. The summed E-state index contributed by atoms with van der Waals surface area (Å²) >= 11 is 6.19. The molecular formula is C22H28ClN3O2. The van der Waals surface area contributed by atoms with E-state index < -0.39 is 0 Å². The van der Waals surface area contributed by atoms with Crippen molar-refractivity contribution in [1.29, 1.82) is 0 Å². The lowest BCUT2D eigenvalue weighted by Gasteiger charge is -2.21. The molecule has 0 aliphatic carbocycles. The number of aromatic nitrogens is 1. The van der Waals surface area contributed by atoms with Gasteiger partial charge in [-0.15, -0.1) is 0 Å². The first kappa shape index (κ1) is 20.6. The number of amides is 1. The van der Waals surface area contributed by atoms with Gasteiger partial charge in [-0.3, -0.25) is 14.7 Å². The van der Waals surface area contributed by atoms with Crippen molar-refractivity contribution in [3.63, 3.8) is 0 Å². The van der Waals surface area contributed by atoms with Crippen LogP contribution in [-0.2, 0) is 6.54 Å². The molecule has 0 unspecified atom stereocenters. The number of benzene rings is 1. The number of carbonyl (C=O) groups is 1. The minimum absolute atomic E-state index is 0.0336. The molecule has 2 heterocycles. The number of likely N-dealkylation sites (tertiary alicyclic amines) is 1. The van der Waals surface area contributed by atoms with Crippen LogP contribution >= 0.6 is 11.6 Å². The third kappa shape index (κ3) is 5.69. The summed E-state index contributed by atoms with van der Waals surface area (Å²) in [6, 6.07) is 8.06. The van der Waals surface area contributed by atoms with Gasteiger partial charge in [0.05, 0.1) is 17.2 Å². The van der Waals surface area contributed by atoms with Crippen LogP contribution in [0.2, 0.25) is 5.02 Å². The molecule has 0 bridgehead atoms. The summed E-state index contributed by atoms with van der Waals surface area (Å²) in [6.45, 7) is 7.33. The molecule has 1 amide bonds. The van der Waals surface area contributed by atoms with E-state index in [-0.39, 0.29) is 11.9 Å². The Morgan fingerprint density at radius 2 is 2.14 bits per heavy atom. The zero-order valence-electron chi connectivity index (χ0n) is 16.6. The van der Waals surface area contributed by atoms with Crippen molar-refractivity contribution in [2.45, 2.75) is 45.7 Å². The summed E-state index contributed by atoms with van der Waals surface area (Å²) in [5.74, 6) is 0.710. The van der Waals surface area contributed by atoms with E-state index in [1.807, 2.05) is 32.0 Å². The molecule has 1 aromatic carbocycles. The molecule has 28 heavy (non-hydrogen) atoms. The Morgan fingerprint density at radius 3 is 2.93 bits per heavy atom. The summed E-state index contributed by atoms with van der Waals surface area (Å²) in [4.78, 5) is 19.0. The van der Waals surface area contributed by atoms with E-state index >= 15 is 0 Å². The van der Waals surface area contributed by atoms with Gasteiger partial charge in [-0.2, -0.15) is 0 Å². The number of hydrogen-bond acceptors (Lipinski definition) is 4. The van der Waals surface area contributed by atoms with Gasteiger partial charge in [0, 0.05) is 31.5 Å². The van der Waals surface area contributed by atoms with Crippen LogP contribution in [-0.4, -0.2) is 41.5 Å². The fourth-order valence-electron chi connectivity index (χ4n) is 3.58. The highest BCUT2D eigenvalue weighted by molar-refractivity contribution is 6.32. The average molecular weight is 402 g/mol. The van der Waals surface area contributed by atoms with Crippen molar-refractivity contribution in [3.05, 3.63) is 58.4 Å². The number of ether oxygens (including phenoxy) is 1. The number of carbonyl (C=O) groups excluding carboxylic acids is 1. The van der Waals surface area contributed by atoms with Crippen LogP contribution in [0, 0.1) is 6.92 Å². The molecule has 1 fully saturated rings. The van der Waals surface area contributed by atoms with Crippen molar-refractivity contribution in [2.24, 2.45) is 0 Å². The second kappa shape index (κ2) is 9.89. The minimum atomic E-state index is -0.0336. The van der Waals surface area contributed by atoms with Gasteiger partial charge < -0.3 is 10.1 Å². The molecule has 150 valence electrons. The molecule has 1 aliphatic rings. The number of pyridine rings is 1. The van der Waals surface area contributed by atoms with Crippen LogP contribution < -0.4 is 10.1 Å². The topological polar surface area (TPSA) is 54.5 Å². The predicted octanol–water partition coefficient (Wildman–Crippen LogP) is 4.23. The van der Waals surface area contributed by atoms with Crippen LogP contribution in [0.1, 0.15) is 47.7 Å². The molecule has 0 saturated carbocycles. The number of aryl methyl sites for hydroxylation is 1. The van der Waals surface area contributed by atoms with Crippen molar-refractivity contribution in [1.82, 2.24) is 15.2 Å². The van der Waals surface area contributed by atoms with Crippen LogP contribution in [0.5, 0.6) is 5.75 Å². The number of rotatable bonds is 6. The maximum atomic E-state index is 12.5. The third-order valence-corrected chi connectivity index (χ3v) is 5.31. The van der Waals surface area contributed by atoms with Gasteiger partial charge in [0.15, 0.2) is 0 Å². The van der Waals surface area contributed by atoms with Gasteiger partial charge >= 0.3 is 0 Å². The molecular weight excluding hydrogens is 374 g/mol. The first-order valence-electron chi connectivity index (χ1n) is 9.91. The molecule has 1 N–H and O–H groups in total. The summed E-state index contributed by atoms with van der Waals surface area (Å²) in [5.41, 5.74) is 2.82. The maximum absolute atomic E-state index is 12.5. The third-order valence-electron chi connectivity index (χ3n) is 4.99. The van der Waals surface area contributed by atoms with E-state index in [2.05, 4.69) is 21.3 Å². The monoisotopic (exact) mass is 401 g/mol. The average Bonchev–Trinajstić information content (AvgIpc) is 2.90. The fourth-order valence-corrected chi connectivity index (χ4v) is 3.75. The SMILES string of the molecule is CCOc1cc(CN2CCC[C@H](NC(=O)c3cncc(C)c3)CC2)ccc1Cl. The Kier molecular flexibility index (Phi) is 7.29. The van der Waals surface area contributed by atoms with E-state index in [0.29, 0.717) is 17.2 Å². The standard InChI is InChI=1S/C22H28ClN3O2/c1-3-28-21-12-17(6-7-20(21)23)15-26-9-4-5-19(8-10-26)25-22(27)18-11-16(2)13-24-14-18/h6-7,11-14,19H,3-5,8-10,15H2,1-2H3,(H,25,27)/t19-/m0/s1. The van der Waals surface area contributed by atoms with Crippen molar-refractivity contribution < 1.29 is 9.53 Å². The summed E-state index contributed by atoms with van der Waals surface area (Å²) in [5, 5.41) is 3.83. The molecule has 1 atom stereocenters. The largest absolute Gasteiger partial charge is 0.492 e. The normalized spacial score (nSPS) is 17.8. The highest BCUT2D eigenvalue weighted by Crippen LogP contribution is 2.26. The Bertz CT molecular complexity index is 812. The molecule has 0 radical (unpaired) electrons. The van der Waals surface area contributed by atoms with Gasteiger partial charge in [0.2, 0.25) is 0 Å². The lowest BCUT2D eigenvalue weighted by atomic mass is 10.1. The Morgan fingerprint density at radius 1 is 1.29 bits per heavy atom. The number of nitrogens with zero attached hydrogens (tertiary/aromatic N) is 2. The number of nitrogens with one attached hydrogen (secondary N) is 1. The van der Waals surface area contributed by atoms with Crippen molar-refractivity contribution in [2.75, 3.05) is 19.7 Å². The zero-order valence-corrected chi connectivity index (χ0v) is 17.3. The van der Waals surface area contributed by atoms with E-state index in [0.717, 1.165) is 50.2 Å². The number of hydrogen-bond donors (Lipinski definition) is 1. The van der Waals surface area contributed by atoms with Crippen LogP contribution in [0.4, 0.5) is 0 Å². The van der Waals surface area contributed by atoms with E-state index in [1.165, 1.54) is 5.56 Å². The highest BCUT2D eigenvalue weighted by Gasteiger charge is 2.20. The Hall–Kier alpha value is -2.11. The quantitative estimate of drug-likeness (QED) is 0.787. The van der Waals surface area contributed by atoms with Gasteiger partial charge in [-0.05, 0) is 69.0 Å². The van der Waals surface area contributed by atoms with E-state index in [4.69, 9.17) is 16.3 Å².